The van der Waals surface area contributed by atoms with Crippen molar-refractivity contribution in [3.63, 3.8) is 0 Å². The maximum Gasteiger partial charge on any atom is 0.263 e. The molecule has 4 heteroatoms. The Morgan fingerprint density at radius 1 is 1.00 bits per heavy atom. The second-order valence-electron chi connectivity index (χ2n) is 4.56. The zero-order valence-corrected chi connectivity index (χ0v) is 12.1. The van der Waals surface area contributed by atoms with E-state index in [1.165, 1.54) is 11.3 Å². The van der Waals surface area contributed by atoms with Gasteiger partial charge in [0.15, 0.2) is 0 Å². The SMILES string of the molecule is O=C(NCc1ccccc1)c1scnc1-c1ccccc1. The normalized spacial score (nSPS) is 10.3. The fourth-order valence-corrected chi connectivity index (χ4v) is 2.79. The first-order valence-corrected chi connectivity index (χ1v) is 7.53. The van der Waals surface area contributed by atoms with Crippen LogP contribution in [0.1, 0.15) is 15.2 Å². The van der Waals surface area contributed by atoms with Crippen molar-refractivity contribution >= 4 is 17.2 Å². The lowest BCUT2D eigenvalue weighted by molar-refractivity contribution is 0.0955. The van der Waals surface area contributed by atoms with Gasteiger partial charge < -0.3 is 5.32 Å². The minimum Gasteiger partial charge on any atom is -0.347 e. The van der Waals surface area contributed by atoms with Gasteiger partial charge in [-0.3, -0.25) is 4.79 Å². The van der Waals surface area contributed by atoms with Gasteiger partial charge >= 0.3 is 0 Å². The maximum absolute atomic E-state index is 12.3. The smallest absolute Gasteiger partial charge is 0.263 e. The third-order valence-corrected chi connectivity index (χ3v) is 3.94. The molecule has 0 spiro atoms. The molecule has 0 saturated heterocycles. The monoisotopic (exact) mass is 294 g/mol. The van der Waals surface area contributed by atoms with Gasteiger partial charge in [0.1, 0.15) is 4.88 Å². The number of aromatic nitrogens is 1. The molecule has 1 N–H and O–H groups in total. The highest BCUT2D eigenvalue weighted by Gasteiger charge is 2.15. The number of hydrogen-bond acceptors (Lipinski definition) is 3. The van der Waals surface area contributed by atoms with Crippen molar-refractivity contribution in [2.24, 2.45) is 0 Å². The van der Waals surface area contributed by atoms with E-state index in [0.717, 1.165) is 16.8 Å². The van der Waals surface area contributed by atoms with Crippen molar-refractivity contribution in [1.29, 1.82) is 0 Å². The third-order valence-electron chi connectivity index (χ3n) is 3.12. The summed E-state index contributed by atoms with van der Waals surface area (Å²) in [6.45, 7) is 0.520. The molecule has 3 nitrogen and oxygen atoms in total. The maximum atomic E-state index is 12.3. The van der Waals surface area contributed by atoms with Crippen LogP contribution in [0.15, 0.2) is 66.2 Å². The molecule has 0 bridgehead atoms. The van der Waals surface area contributed by atoms with Crippen LogP contribution in [-0.4, -0.2) is 10.9 Å². The number of nitrogens with one attached hydrogen (secondary N) is 1. The number of nitrogens with zero attached hydrogens (tertiary/aromatic N) is 1. The van der Waals surface area contributed by atoms with Gasteiger partial charge in [-0.15, -0.1) is 11.3 Å². The summed E-state index contributed by atoms with van der Waals surface area (Å²) in [7, 11) is 0. The van der Waals surface area contributed by atoms with Crippen LogP contribution in [0.2, 0.25) is 0 Å². The molecule has 0 atom stereocenters. The molecule has 0 aliphatic carbocycles. The molecule has 0 aliphatic rings. The average molecular weight is 294 g/mol. The van der Waals surface area contributed by atoms with Gasteiger partial charge in [-0.05, 0) is 5.56 Å². The van der Waals surface area contributed by atoms with E-state index in [1.54, 1.807) is 5.51 Å². The predicted molar refractivity (Wildman–Crippen MR) is 85.2 cm³/mol. The van der Waals surface area contributed by atoms with E-state index in [9.17, 15) is 4.79 Å². The van der Waals surface area contributed by atoms with Crippen LogP contribution in [0, 0.1) is 0 Å². The Morgan fingerprint density at radius 3 is 2.38 bits per heavy atom. The number of amides is 1. The molecular weight excluding hydrogens is 280 g/mol. The average Bonchev–Trinajstić information content (AvgIpc) is 3.04. The largest absolute Gasteiger partial charge is 0.347 e. The van der Waals surface area contributed by atoms with Crippen LogP contribution in [0.3, 0.4) is 0 Å². The molecule has 0 unspecified atom stereocenters. The van der Waals surface area contributed by atoms with E-state index in [-0.39, 0.29) is 5.91 Å². The number of thiazole rings is 1. The first-order chi connectivity index (χ1) is 10.3. The first kappa shape index (κ1) is 13.5. The fraction of sp³-hybridized carbons (Fsp3) is 0.0588. The van der Waals surface area contributed by atoms with Gasteiger partial charge in [0.2, 0.25) is 0 Å². The van der Waals surface area contributed by atoms with Gasteiger partial charge in [-0.1, -0.05) is 60.7 Å². The van der Waals surface area contributed by atoms with Crippen molar-refractivity contribution < 1.29 is 4.79 Å². The Labute approximate surface area is 127 Å². The molecule has 1 aromatic heterocycles. The number of benzene rings is 2. The van der Waals surface area contributed by atoms with Crippen molar-refractivity contribution in [3.8, 4) is 11.3 Å². The second-order valence-corrected chi connectivity index (χ2v) is 5.42. The Hall–Kier alpha value is -2.46. The summed E-state index contributed by atoms with van der Waals surface area (Å²) in [5.74, 6) is -0.0831. The highest BCUT2D eigenvalue weighted by molar-refractivity contribution is 7.12. The molecule has 0 aliphatic heterocycles. The van der Waals surface area contributed by atoms with Gasteiger partial charge in [-0.2, -0.15) is 0 Å². The van der Waals surface area contributed by atoms with E-state index in [4.69, 9.17) is 0 Å². The molecule has 3 aromatic rings. The number of hydrogen-bond donors (Lipinski definition) is 1. The number of rotatable bonds is 4. The number of carbonyl (C=O) groups excluding carboxylic acids is 1. The fourth-order valence-electron chi connectivity index (χ4n) is 2.07. The molecule has 0 saturated carbocycles. The molecule has 21 heavy (non-hydrogen) atoms. The lowest BCUT2D eigenvalue weighted by Crippen LogP contribution is -2.22. The standard InChI is InChI=1S/C17H14N2OS/c20-17(18-11-13-7-3-1-4-8-13)16-15(19-12-21-16)14-9-5-2-6-10-14/h1-10,12H,11H2,(H,18,20). The van der Waals surface area contributed by atoms with Crippen LogP contribution in [-0.2, 0) is 6.54 Å². The quantitative estimate of drug-likeness (QED) is 0.796. The highest BCUT2D eigenvalue weighted by Crippen LogP contribution is 2.25. The second kappa shape index (κ2) is 6.33. The molecule has 2 aromatic carbocycles. The van der Waals surface area contributed by atoms with Gasteiger partial charge in [0, 0.05) is 12.1 Å². The summed E-state index contributed by atoms with van der Waals surface area (Å²) in [6, 6.07) is 19.6. The summed E-state index contributed by atoms with van der Waals surface area (Å²) >= 11 is 1.36. The van der Waals surface area contributed by atoms with Gasteiger partial charge in [0.25, 0.3) is 5.91 Å². The summed E-state index contributed by atoms with van der Waals surface area (Å²) < 4.78 is 0. The van der Waals surface area contributed by atoms with Crippen molar-refractivity contribution in [2.45, 2.75) is 6.54 Å². The Balaban J connectivity index is 1.76. The minimum atomic E-state index is -0.0831. The zero-order chi connectivity index (χ0) is 14.5. The summed E-state index contributed by atoms with van der Waals surface area (Å²) in [5.41, 5.74) is 4.49. The van der Waals surface area contributed by atoms with Crippen LogP contribution in [0.4, 0.5) is 0 Å². The first-order valence-electron chi connectivity index (χ1n) is 6.65. The van der Waals surface area contributed by atoms with E-state index < -0.39 is 0 Å². The highest BCUT2D eigenvalue weighted by atomic mass is 32.1. The molecule has 1 amide bonds. The Kier molecular flexibility index (Phi) is 4.07. The predicted octanol–water partition coefficient (Wildman–Crippen LogP) is 3.74. The molecular formula is C17H14N2OS. The third kappa shape index (κ3) is 3.17. The topological polar surface area (TPSA) is 42.0 Å². The molecule has 3 rings (SSSR count). The minimum absolute atomic E-state index is 0.0831. The molecule has 0 fully saturated rings. The van der Waals surface area contributed by atoms with Crippen molar-refractivity contribution in [1.82, 2.24) is 10.3 Å². The van der Waals surface area contributed by atoms with E-state index >= 15 is 0 Å². The van der Waals surface area contributed by atoms with Crippen molar-refractivity contribution in [2.75, 3.05) is 0 Å². The van der Waals surface area contributed by atoms with E-state index in [2.05, 4.69) is 10.3 Å². The lowest BCUT2D eigenvalue weighted by atomic mass is 10.1. The lowest BCUT2D eigenvalue weighted by Gasteiger charge is -2.05. The molecule has 1 heterocycles. The van der Waals surface area contributed by atoms with E-state index in [1.807, 2.05) is 60.7 Å². The summed E-state index contributed by atoms with van der Waals surface area (Å²) in [4.78, 5) is 17.3. The number of carbonyl (C=O) groups is 1. The van der Waals surface area contributed by atoms with Gasteiger partial charge in [0.05, 0.1) is 11.2 Å². The van der Waals surface area contributed by atoms with Gasteiger partial charge in [-0.25, -0.2) is 4.98 Å². The van der Waals surface area contributed by atoms with Crippen LogP contribution < -0.4 is 5.32 Å². The van der Waals surface area contributed by atoms with Crippen LogP contribution in [0.25, 0.3) is 11.3 Å². The summed E-state index contributed by atoms with van der Waals surface area (Å²) in [5, 5.41) is 2.94. The summed E-state index contributed by atoms with van der Waals surface area (Å²) in [6.07, 6.45) is 0. The molecule has 0 radical (unpaired) electrons. The van der Waals surface area contributed by atoms with Crippen LogP contribution in [0.5, 0.6) is 0 Å². The Morgan fingerprint density at radius 2 is 1.67 bits per heavy atom. The van der Waals surface area contributed by atoms with Crippen molar-refractivity contribution in [3.05, 3.63) is 76.6 Å². The zero-order valence-electron chi connectivity index (χ0n) is 11.3. The Bertz CT molecular complexity index is 723. The van der Waals surface area contributed by atoms with E-state index in [0.29, 0.717) is 11.4 Å². The molecule has 104 valence electrons. The van der Waals surface area contributed by atoms with Crippen LogP contribution >= 0.6 is 11.3 Å².